The summed E-state index contributed by atoms with van der Waals surface area (Å²) in [6.07, 6.45) is 2.86. The summed E-state index contributed by atoms with van der Waals surface area (Å²) in [7, 11) is 5.37. The van der Waals surface area contributed by atoms with Crippen LogP contribution in [0, 0.1) is 0 Å². The average Bonchev–Trinajstić information content (AvgIpc) is 2.46. The number of methoxy groups -OCH3 is 1. The number of carbonyl (C=O) groups is 1. The minimum atomic E-state index is -0.631. The molecule has 0 spiro atoms. The molecule has 2 atom stereocenters. The van der Waals surface area contributed by atoms with Crippen LogP contribution in [-0.2, 0) is 14.3 Å². The first-order valence-corrected chi connectivity index (χ1v) is 7.01. The van der Waals surface area contributed by atoms with Crippen molar-refractivity contribution in [3.05, 3.63) is 0 Å². The van der Waals surface area contributed by atoms with Crippen molar-refractivity contribution in [3.8, 4) is 0 Å². The Labute approximate surface area is 116 Å². The van der Waals surface area contributed by atoms with Crippen LogP contribution in [0.15, 0.2) is 0 Å². The zero-order valence-corrected chi connectivity index (χ0v) is 12.9. The van der Waals surface area contributed by atoms with Crippen LogP contribution in [0.5, 0.6) is 0 Å². The summed E-state index contributed by atoms with van der Waals surface area (Å²) < 4.78 is 10.3. The first kappa shape index (κ1) is 16.4. The van der Waals surface area contributed by atoms with Gasteiger partial charge >= 0.3 is 5.97 Å². The Balaban J connectivity index is 2.60. The SMILES string of the molecule is CNC(C)(CC(C)N(C)C1CCOCC1)C(=O)OC. The molecule has 1 N–H and O–H groups in total. The normalized spacial score (nSPS) is 22.0. The Kier molecular flexibility index (Phi) is 6.23. The summed E-state index contributed by atoms with van der Waals surface area (Å²) in [6.45, 7) is 5.73. The smallest absolute Gasteiger partial charge is 0.325 e. The van der Waals surface area contributed by atoms with Crippen LogP contribution in [0.25, 0.3) is 0 Å². The van der Waals surface area contributed by atoms with E-state index in [4.69, 9.17) is 9.47 Å². The van der Waals surface area contributed by atoms with E-state index in [1.165, 1.54) is 7.11 Å². The first-order valence-electron chi connectivity index (χ1n) is 7.01. The molecule has 1 aliphatic heterocycles. The molecule has 19 heavy (non-hydrogen) atoms. The van der Waals surface area contributed by atoms with Gasteiger partial charge in [0.15, 0.2) is 0 Å². The van der Waals surface area contributed by atoms with Crippen LogP contribution in [0.4, 0.5) is 0 Å². The maximum atomic E-state index is 11.9. The van der Waals surface area contributed by atoms with Crippen molar-refractivity contribution in [2.24, 2.45) is 0 Å². The molecule has 1 fully saturated rings. The lowest BCUT2D eigenvalue weighted by atomic mass is 9.92. The molecule has 0 aromatic heterocycles. The second-order valence-corrected chi connectivity index (χ2v) is 5.64. The van der Waals surface area contributed by atoms with Crippen LogP contribution >= 0.6 is 0 Å². The minimum absolute atomic E-state index is 0.206. The molecule has 0 saturated carbocycles. The summed E-state index contributed by atoms with van der Waals surface area (Å²) in [5, 5.41) is 3.09. The molecular weight excluding hydrogens is 244 g/mol. The number of esters is 1. The number of hydrogen-bond donors (Lipinski definition) is 1. The molecule has 0 radical (unpaired) electrons. The van der Waals surface area contributed by atoms with Gasteiger partial charge in [-0.25, -0.2) is 0 Å². The maximum Gasteiger partial charge on any atom is 0.325 e. The molecular formula is C14H28N2O3. The molecule has 1 aliphatic rings. The summed E-state index contributed by atoms with van der Waals surface area (Å²) in [5.41, 5.74) is -0.631. The molecule has 0 amide bonds. The molecule has 112 valence electrons. The van der Waals surface area contributed by atoms with Crippen molar-refractivity contribution < 1.29 is 14.3 Å². The van der Waals surface area contributed by atoms with Gasteiger partial charge < -0.3 is 19.7 Å². The second kappa shape index (κ2) is 7.22. The Morgan fingerprint density at radius 2 is 2.11 bits per heavy atom. The number of ether oxygens (including phenoxy) is 2. The van der Waals surface area contributed by atoms with Crippen molar-refractivity contribution in [1.82, 2.24) is 10.2 Å². The fourth-order valence-electron chi connectivity index (χ4n) is 2.70. The monoisotopic (exact) mass is 272 g/mol. The maximum absolute atomic E-state index is 11.9. The molecule has 0 aromatic rings. The topological polar surface area (TPSA) is 50.8 Å². The van der Waals surface area contributed by atoms with Gasteiger partial charge in [0.2, 0.25) is 0 Å². The quantitative estimate of drug-likeness (QED) is 0.732. The van der Waals surface area contributed by atoms with Gasteiger partial charge in [-0.2, -0.15) is 0 Å². The lowest BCUT2D eigenvalue weighted by Crippen LogP contribution is -2.53. The Morgan fingerprint density at radius 1 is 1.53 bits per heavy atom. The van der Waals surface area contributed by atoms with Gasteiger partial charge in [-0.1, -0.05) is 0 Å². The summed E-state index contributed by atoms with van der Waals surface area (Å²) in [5.74, 6) is -0.206. The van der Waals surface area contributed by atoms with Gasteiger partial charge in [0.25, 0.3) is 0 Å². The van der Waals surface area contributed by atoms with E-state index in [0.29, 0.717) is 12.1 Å². The lowest BCUT2D eigenvalue weighted by Gasteiger charge is -2.39. The third-order valence-electron chi connectivity index (χ3n) is 4.35. The number of likely N-dealkylation sites (N-methyl/N-ethyl adjacent to an activating group) is 1. The highest BCUT2D eigenvalue weighted by molar-refractivity contribution is 5.80. The predicted octanol–water partition coefficient (Wildman–Crippen LogP) is 1.03. The van der Waals surface area contributed by atoms with E-state index in [0.717, 1.165) is 32.5 Å². The Hall–Kier alpha value is -0.650. The third kappa shape index (κ3) is 4.16. The van der Waals surface area contributed by atoms with Crippen molar-refractivity contribution in [1.29, 1.82) is 0 Å². The molecule has 0 aromatic carbocycles. The fraction of sp³-hybridized carbons (Fsp3) is 0.929. The highest BCUT2D eigenvalue weighted by Gasteiger charge is 2.36. The zero-order valence-electron chi connectivity index (χ0n) is 12.9. The fourth-order valence-corrected chi connectivity index (χ4v) is 2.70. The van der Waals surface area contributed by atoms with Crippen LogP contribution in [-0.4, -0.2) is 62.9 Å². The number of hydrogen-bond acceptors (Lipinski definition) is 5. The van der Waals surface area contributed by atoms with Crippen molar-refractivity contribution >= 4 is 5.97 Å². The Bertz CT molecular complexity index is 292. The van der Waals surface area contributed by atoms with Crippen molar-refractivity contribution in [2.45, 2.75) is 50.7 Å². The van der Waals surface area contributed by atoms with Crippen LogP contribution in [0.2, 0.25) is 0 Å². The molecule has 1 rings (SSSR count). The summed E-state index contributed by atoms with van der Waals surface area (Å²) in [6, 6.07) is 0.849. The summed E-state index contributed by atoms with van der Waals surface area (Å²) in [4.78, 5) is 14.2. The van der Waals surface area contributed by atoms with E-state index in [1.54, 1.807) is 7.05 Å². The predicted molar refractivity (Wildman–Crippen MR) is 75.2 cm³/mol. The van der Waals surface area contributed by atoms with Crippen LogP contribution < -0.4 is 5.32 Å². The van der Waals surface area contributed by atoms with Gasteiger partial charge in [0.05, 0.1) is 7.11 Å². The number of carbonyl (C=O) groups excluding carboxylic acids is 1. The second-order valence-electron chi connectivity index (χ2n) is 5.64. The van der Waals surface area contributed by atoms with Gasteiger partial charge in [0, 0.05) is 25.3 Å². The molecule has 5 heteroatoms. The molecule has 5 nitrogen and oxygen atoms in total. The van der Waals surface area contributed by atoms with Crippen LogP contribution in [0.3, 0.4) is 0 Å². The van der Waals surface area contributed by atoms with E-state index in [1.807, 2.05) is 6.92 Å². The van der Waals surface area contributed by atoms with Gasteiger partial charge in [0.1, 0.15) is 5.54 Å². The van der Waals surface area contributed by atoms with Crippen molar-refractivity contribution in [3.63, 3.8) is 0 Å². The van der Waals surface area contributed by atoms with Crippen molar-refractivity contribution in [2.75, 3.05) is 34.4 Å². The standard InChI is InChI=1S/C14H28N2O3/c1-11(10-14(2,15-3)13(17)18-5)16(4)12-6-8-19-9-7-12/h11-12,15H,6-10H2,1-5H3. The third-order valence-corrected chi connectivity index (χ3v) is 4.35. The van der Waals surface area contributed by atoms with E-state index >= 15 is 0 Å². The van der Waals surface area contributed by atoms with E-state index in [2.05, 4.69) is 24.2 Å². The van der Waals surface area contributed by atoms with Crippen LogP contribution in [0.1, 0.15) is 33.1 Å². The molecule has 1 heterocycles. The number of nitrogens with one attached hydrogen (secondary N) is 1. The zero-order chi connectivity index (χ0) is 14.5. The number of rotatable bonds is 6. The van der Waals surface area contributed by atoms with E-state index in [-0.39, 0.29) is 5.97 Å². The van der Waals surface area contributed by atoms with E-state index < -0.39 is 5.54 Å². The minimum Gasteiger partial charge on any atom is -0.468 e. The van der Waals surface area contributed by atoms with E-state index in [9.17, 15) is 4.79 Å². The average molecular weight is 272 g/mol. The van der Waals surface area contributed by atoms with Gasteiger partial charge in [-0.05, 0) is 47.2 Å². The van der Waals surface area contributed by atoms with Gasteiger partial charge in [-0.3, -0.25) is 4.79 Å². The highest BCUT2D eigenvalue weighted by atomic mass is 16.5. The van der Waals surface area contributed by atoms with Gasteiger partial charge in [-0.15, -0.1) is 0 Å². The molecule has 2 unspecified atom stereocenters. The lowest BCUT2D eigenvalue weighted by molar-refractivity contribution is -0.148. The number of nitrogens with zero attached hydrogens (tertiary/aromatic N) is 1. The molecule has 0 bridgehead atoms. The largest absolute Gasteiger partial charge is 0.468 e. The highest BCUT2D eigenvalue weighted by Crippen LogP contribution is 2.21. The Morgan fingerprint density at radius 3 is 2.58 bits per heavy atom. The first-order chi connectivity index (χ1) is 8.94. The summed E-state index contributed by atoms with van der Waals surface area (Å²) >= 11 is 0. The molecule has 0 aliphatic carbocycles. The molecule has 1 saturated heterocycles.